The Morgan fingerprint density at radius 2 is 1.86 bits per heavy atom. The van der Waals surface area contributed by atoms with Crippen LogP contribution in [0.25, 0.3) is 0 Å². The Hall–Kier alpha value is -1.39. The van der Waals surface area contributed by atoms with Crippen LogP contribution < -0.4 is 0 Å². The molecule has 0 spiro atoms. The number of unbranched alkanes of at least 4 members (excludes halogenated alkanes) is 1. The molecule has 1 aromatic rings. The van der Waals surface area contributed by atoms with E-state index in [2.05, 4.69) is 18.7 Å². The van der Waals surface area contributed by atoms with E-state index >= 15 is 0 Å². The third-order valence-corrected chi connectivity index (χ3v) is 3.93. The van der Waals surface area contributed by atoms with Crippen molar-refractivity contribution in [2.24, 2.45) is 0 Å². The van der Waals surface area contributed by atoms with Gasteiger partial charge in [0, 0.05) is 13.2 Å². The summed E-state index contributed by atoms with van der Waals surface area (Å²) in [4.78, 5) is 14.6. The fourth-order valence-corrected chi connectivity index (χ4v) is 2.48. The van der Waals surface area contributed by atoms with Gasteiger partial charge in [0.05, 0.1) is 5.92 Å². The number of hydrogen-bond acceptors (Lipinski definition) is 4. The third-order valence-electron chi connectivity index (χ3n) is 3.93. The van der Waals surface area contributed by atoms with Gasteiger partial charge in [0.25, 0.3) is 0 Å². The maximum absolute atomic E-state index is 12.4. The van der Waals surface area contributed by atoms with E-state index in [4.69, 9.17) is 9.84 Å². The number of ether oxygens (including phenoxy) is 1. The Bertz CT molecular complexity index is 404. The first kappa shape index (κ1) is 18.7. The highest BCUT2D eigenvalue weighted by Crippen LogP contribution is 2.23. The molecule has 0 aliphatic carbocycles. The molecule has 124 valence electrons. The molecule has 0 aliphatic heterocycles. The van der Waals surface area contributed by atoms with Crippen LogP contribution in [0.4, 0.5) is 0 Å². The Morgan fingerprint density at radius 3 is 2.45 bits per heavy atom. The zero-order valence-corrected chi connectivity index (χ0v) is 13.8. The molecule has 1 atom stereocenters. The lowest BCUT2D eigenvalue weighted by Crippen LogP contribution is -2.29. The van der Waals surface area contributed by atoms with E-state index < -0.39 is 0 Å². The number of aliphatic hydroxyl groups excluding tert-OH is 1. The topological polar surface area (TPSA) is 49.8 Å². The standard InChI is InChI=1S/C18H29NO3/c1-3-19(4-2)13-15-22-18(21)17(12-8-9-14-20)16-10-6-5-7-11-16/h5-7,10-11,17,20H,3-4,8-9,12-15H2,1-2H3. The summed E-state index contributed by atoms with van der Waals surface area (Å²) in [6.45, 7) is 7.51. The minimum Gasteiger partial charge on any atom is -0.464 e. The van der Waals surface area contributed by atoms with Gasteiger partial charge in [0.2, 0.25) is 0 Å². The van der Waals surface area contributed by atoms with Gasteiger partial charge < -0.3 is 14.7 Å². The second-order valence-corrected chi connectivity index (χ2v) is 5.38. The molecule has 0 heterocycles. The van der Waals surface area contributed by atoms with Gasteiger partial charge in [-0.2, -0.15) is 0 Å². The minimum absolute atomic E-state index is 0.156. The molecule has 0 saturated carbocycles. The summed E-state index contributed by atoms with van der Waals surface area (Å²) in [6.07, 6.45) is 2.26. The van der Waals surface area contributed by atoms with Crippen LogP contribution in [-0.4, -0.2) is 48.8 Å². The van der Waals surface area contributed by atoms with Crippen molar-refractivity contribution in [2.45, 2.75) is 39.0 Å². The highest BCUT2D eigenvalue weighted by molar-refractivity contribution is 5.78. The molecule has 0 saturated heterocycles. The second-order valence-electron chi connectivity index (χ2n) is 5.38. The predicted molar refractivity (Wildman–Crippen MR) is 88.9 cm³/mol. The van der Waals surface area contributed by atoms with Gasteiger partial charge >= 0.3 is 5.97 Å². The lowest BCUT2D eigenvalue weighted by molar-refractivity contribution is -0.146. The van der Waals surface area contributed by atoms with Crippen LogP contribution in [0, 0.1) is 0 Å². The van der Waals surface area contributed by atoms with Crippen molar-refractivity contribution >= 4 is 5.97 Å². The molecular formula is C18H29NO3. The first-order valence-electron chi connectivity index (χ1n) is 8.27. The second kappa shape index (κ2) is 11.2. The summed E-state index contributed by atoms with van der Waals surface area (Å²) in [5.41, 5.74) is 0.994. The van der Waals surface area contributed by atoms with Gasteiger partial charge in [-0.1, -0.05) is 44.2 Å². The van der Waals surface area contributed by atoms with Gasteiger partial charge in [-0.3, -0.25) is 4.79 Å². The van der Waals surface area contributed by atoms with Crippen molar-refractivity contribution in [3.63, 3.8) is 0 Å². The smallest absolute Gasteiger partial charge is 0.313 e. The fourth-order valence-electron chi connectivity index (χ4n) is 2.48. The molecule has 0 aromatic heterocycles. The summed E-state index contributed by atoms with van der Waals surface area (Å²) >= 11 is 0. The normalized spacial score (nSPS) is 12.4. The van der Waals surface area contributed by atoms with E-state index in [9.17, 15) is 4.79 Å². The summed E-state index contributed by atoms with van der Waals surface area (Å²) in [5.74, 6) is -0.388. The highest BCUT2D eigenvalue weighted by Gasteiger charge is 2.21. The molecule has 4 nitrogen and oxygen atoms in total. The Morgan fingerprint density at radius 1 is 1.18 bits per heavy atom. The Kier molecular flexibility index (Phi) is 9.51. The van der Waals surface area contributed by atoms with Gasteiger partial charge in [-0.15, -0.1) is 0 Å². The average molecular weight is 307 g/mol. The van der Waals surface area contributed by atoms with Crippen LogP contribution in [0.3, 0.4) is 0 Å². The Labute approximate surface area is 134 Å². The first-order valence-corrected chi connectivity index (χ1v) is 8.27. The molecule has 1 rings (SSSR count). The molecule has 22 heavy (non-hydrogen) atoms. The van der Waals surface area contributed by atoms with E-state index in [0.29, 0.717) is 13.0 Å². The van der Waals surface area contributed by atoms with E-state index in [1.165, 1.54) is 0 Å². The molecule has 0 fully saturated rings. The number of likely N-dealkylation sites (N-methyl/N-ethyl adjacent to an activating group) is 1. The van der Waals surface area contributed by atoms with E-state index in [1.807, 2.05) is 30.3 Å². The fraction of sp³-hybridized carbons (Fsp3) is 0.611. The summed E-state index contributed by atoms with van der Waals surface area (Å²) in [6, 6.07) is 9.76. The molecule has 0 aliphatic rings. The summed E-state index contributed by atoms with van der Waals surface area (Å²) < 4.78 is 5.48. The third kappa shape index (κ3) is 6.58. The summed E-state index contributed by atoms with van der Waals surface area (Å²) in [5, 5.41) is 8.92. The lowest BCUT2D eigenvalue weighted by atomic mass is 9.94. The van der Waals surface area contributed by atoms with E-state index in [1.54, 1.807) is 0 Å². The van der Waals surface area contributed by atoms with Crippen molar-refractivity contribution in [1.82, 2.24) is 4.90 Å². The highest BCUT2D eigenvalue weighted by atomic mass is 16.5. The van der Waals surface area contributed by atoms with Crippen molar-refractivity contribution in [2.75, 3.05) is 32.8 Å². The molecule has 1 N–H and O–H groups in total. The predicted octanol–water partition coefficient (Wildman–Crippen LogP) is 2.82. The molecule has 0 radical (unpaired) electrons. The number of rotatable bonds is 11. The Balaban J connectivity index is 2.56. The van der Waals surface area contributed by atoms with Crippen LogP contribution in [0.2, 0.25) is 0 Å². The molecule has 4 heteroatoms. The maximum Gasteiger partial charge on any atom is 0.313 e. The zero-order chi connectivity index (χ0) is 16.2. The van der Waals surface area contributed by atoms with Crippen LogP contribution >= 0.6 is 0 Å². The average Bonchev–Trinajstić information content (AvgIpc) is 2.56. The van der Waals surface area contributed by atoms with Crippen LogP contribution in [0.5, 0.6) is 0 Å². The number of carbonyl (C=O) groups is 1. The van der Waals surface area contributed by atoms with Crippen LogP contribution in [0.15, 0.2) is 30.3 Å². The van der Waals surface area contributed by atoms with Crippen molar-refractivity contribution in [3.05, 3.63) is 35.9 Å². The van der Waals surface area contributed by atoms with E-state index in [0.717, 1.165) is 38.0 Å². The molecular weight excluding hydrogens is 278 g/mol. The lowest BCUT2D eigenvalue weighted by Gasteiger charge is -2.20. The van der Waals surface area contributed by atoms with Gasteiger partial charge in [-0.05, 0) is 37.9 Å². The molecule has 1 unspecified atom stereocenters. The first-order chi connectivity index (χ1) is 10.7. The number of benzene rings is 1. The van der Waals surface area contributed by atoms with Crippen molar-refractivity contribution in [3.8, 4) is 0 Å². The largest absolute Gasteiger partial charge is 0.464 e. The SMILES string of the molecule is CCN(CC)CCOC(=O)C(CCCCO)c1ccccc1. The quantitative estimate of drug-likeness (QED) is 0.504. The maximum atomic E-state index is 12.4. The van der Waals surface area contributed by atoms with Crippen LogP contribution in [-0.2, 0) is 9.53 Å². The van der Waals surface area contributed by atoms with Gasteiger partial charge in [0.1, 0.15) is 6.61 Å². The number of esters is 1. The number of carbonyl (C=O) groups excluding carboxylic acids is 1. The molecule has 1 aromatic carbocycles. The number of nitrogens with zero attached hydrogens (tertiary/aromatic N) is 1. The monoisotopic (exact) mass is 307 g/mol. The van der Waals surface area contributed by atoms with Crippen LogP contribution in [0.1, 0.15) is 44.6 Å². The van der Waals surface area contributed by atoms with Gasteiger partial charge in [-0.25, -0.2) is 0 Å². The van der Waals surface area contributed by atoms with Crippen molar-refractivity contribution < 1.29 is 14.6 Å². The minimum atomic E-state index is -0.232. The molecule has 0 bridgehead atoms. The number of aliphatic hydroxyl groups is 1. The number of hydrogen-bond donors (Lipinski definition) is 1. The molecule has 0 amide bonds. The summed E-state index contributed by atoms with van der Waals surface area (Å²) in [7, 11) is 0. The van der Waals surface area contributed by atoms with Gasteiger partial charge in [0.15, 0.2) is 0 Å². The zero-order valence-electron chi connectivity index (χ0n) is 13.8. The van der Waals surface area contributed by atoms with Crippen molar-refractivity contribution in [1.29, 1.82) is 0 Å². The van der Waals surface area contributed by atoms with E-state index in [-0.39, 0.29) is 18.5 Å².